The molecule has 100 valence electrons. The molecule has 1 aromatic carbocycles. The van der Waals surface area contributed by atoms with Gasteiger partial charge in [0.05, 0.1) is 5.69 Å². The molecule has 3 aromatic rings. The Bertz CT molecular complexity index is 733. The van der Waals surface area contributed by atoms with Crippen LogP contribution in [0.3, 0.4) is 0 Å². The fourth-order valence-electron chi connectivity index (χ4n) is 1.80. The Balaban J connectivity index is 1.85. The van der Waals surface area contributed by atoms with Crippen molar-refractivity contribution >= 4 is 11.6 Å². The first-order valence-corrected chi connectivity index (χ1v) is 5.93. The number of nitrogens with one attached hydrogen (secondary N) is 1. The first kappa shape index (κ1) is 12.1. The van der Waals surface area contributed by atoms with E-state index in [0.717, 1.165) is 11.5 Å². The van der Waals surface area contributed by atoms with Crippen LogP contribution >= 0.6 is 0 Å². The molecule has 0 bridgehead atoms. The van der Waals surface area contributed by atoms with Gasteiger partial charge in [-0.05, 0) is 25.1 Å². The van der Waals surface area contributed by atoms with E-state index in [0.29, 0.717) is 5.69 Å². The van der Waals surface area contributed by atoms with Gasteiger partial charge in [-0.15, -0.1) is 10.2 Å². The smallest absolute Gasteiger partial charge is 0.277 e. The minimum Gasteiger partial charge on any atom is -0.364 e. The summed E-state index contributed by atoms with van der Waals surface area (Å²) < 4.78 is 6.47. The number of amides is 1. The van der Waals surface area contributed by atoms with Crippen molar-refractivity contribution in [1.82, 2.24) is 19.9 Å². The largest absolute Gasteiger partial charge is 0.364 e. The number of rotatable bonds is 3. The van der Waals surface area contributed by atoms with Gasteiger partial charge < -0.3 is 9.84 Å². The number of nitrogens with zero attached hydrogens (tertiary/aromatic N) is 4. The molecular weight excluding hydrogens is 258 g/mol. The number of carbonyl (C=O) groups excluding carboxylic acids is 1. The van der Waals surface area contributed by atoms with Crippen molar-refractivity contribution in [2.75, 3.05) is 5.32 Å². The standard InChI is InChI=1S/C13H11N5O2/c1-9-16-14-8-18(9)11-4-2-3-10(7-11)15-13(19)12-5-6-20-17-12/h2-8H,1H3,(H,15,19). The fourth-order valence-corrected chi connectivity index (χ4v) is 1.80. The summed E-state index contributed by atoms with van der Waals surface area (Å²) >= 11 is 0. The Morgan fingerprint density at radius 2 is 2.25 bits per heavy atom. The maximum Gasteiger partial charge on any atom is 0.277 e. The molecule has 7 heteroatoms. The molecule has 1 amide bonds. The summed E-state index contributed by atoms with van der Waals surface area (Å²) in [6, 6.07) is 8.87. The van der Waals surface area contributed by atoms with Crippen molar-refractivity contribution in [3.8, 4) is 5.69 Å². The highest BCUT2D eigenvalue weighted by atomic mass is 16.5. The Kier molecular flexibility index (Phi) is 3.00. The second-order valence-electron chi connectivity index (χ2n) is 4.14. The molecule has 3 rings (SSSR count). The zero-order valence-corrected chi connectivity index (χ0v) is 10.6. The Labute approximate surface area is 114 Å². The predicted octanol–water partition coefficient (Wildman–Crippen LogP) is 1.82. The summed E-state index contributed by atoms with van der Waals surface area (Å²) in [6.07, 6.45) is 2.97. The number of anilines is 1. The van der Waals surface area contributed by atoms with Crippen molar-refractivity contribution in [1.29, 1.82) is 0 Å². The average molecular weight is 269 g/mol. The lowest BCUT2D eigenvalue weighted by Gasteiger charge is -2.07. The van der Waals surface area contributed by atoms with Crippen molar-refractivity contribution in [3.05, 3.63) is 54.4 Å². The van der Waals surface area contributed by atoms with E-state index in [9.17, 15) is 4.79 Å². The van der Waals surface area contributed by atoms with Gasteiger partial charge in [0.25, 0.3) is 5.91 Å². The molecule has 0 aliphatic heterocycles. The van der Waals surface area contributed by atoms with Gasteiger partial charge in [0, 0.05) is 11.8 Å². The van der Waals surface area contributed by atoms with E-state index in [1.165, 1.54) is 12.3 Å². The molecule has 0 aliphatic carbocycles. The van der Waals surface area contributed by atoms with E-state index < -0.39 is 0 Å². The molecule has 0 saturated carbocycles. The SMILES string of the molecule is Cc1nncn1-c1cccc(NC(=O)c2ccon2)c1. The summed E-state index contributed by atoms with van der Waals surface area (Å²) in [7, 11) is 0. The molecule has 0 atom stereocenters. The lowest BCUT2D eigenvalue weighted by molar-refractivity contribution is 0.101. The van der Waals surface area contributed by atoms with Gasteiger partial charge in [0.15, 0.2) is 5.69 Å². The van der Waals surface area contributed by atoms with Crippen LogP contribution in [0.5, 0.6) is 0 Å². The molecule has 1 N–H and O–H groups in total. The molecular formula is C13H11N5O2. The van der Waals surface area contributed by atoms with Crippen LogP contribution in [-0.2, 0) is 0 Å². The second kappa shape index (κ2) is 4.96. The first-order chi connectivity index (χ1) is 9.74. The van der Waals surface area contributed by atoms with Gasteiger partial charge in [-0.3, -0.25) is 9.36 Å². The van der Waals surface area contributed by atoms with E-state index in [2.05, 4.69) is 25.2 Å². The van der Waals surface area contributed by atoms with Crippen LogP contribution in [0.1, 0.15) is 16.3 Å². The van der Waals surface area contributed by atoms with Crippen LogP contribution in [0.4, 0.5) is 5.69 Å². The topological polar surface area (TPSA) is 85.8 Å². The van der Waals surface area contributed by atoms with E-state index in [-0.39, 0.29) is 11.6 Å². The van der Waals surface area contributed by atoms with Gasteiger partial charge in [-0.2, -0.15) is 0 Å². The van der Waals surface area contributed by atoms with Gasteiger partial charge in [-0.1, -0.05) is 11.2 Å². The number of aryl methyl sites for hydroxylation is 1. The van der Waals surface area contributed by atoms with Crippen molar-refractivity contribution in [2.45, 2.75) is 6.92 Å². The van der Waals surface area contributed by atoms with E-state index in [1.807, 2.05) is 29.7 Å². The summed E-state index contributed by atoms with van der Waals surface area (Å²) in [5.74, 6) is 0.446. The zero-order chi connectivity index (χ0) is 13.9. The zero-order valence-electron chi connectivity index (χ0n) is 10.6. The van der Waals surface area contributed by atoms with Crippen LogP contribution in [0.25, 0.3) is 5.69 Å². The maximum atomic E-state index is 11.9. The number of hydrogen-bond acceptors (Lipinski definition) is 5. The number of benzene rings is 1. The van der Waals surface area contributed by atoms with Gasteiger partial charge in [0.1, 0.15) is 18.4 Å². The Morgan fingerprint density at radius 1 is 1.35 bits per heavy atom. The highest BCUT2D eigenvalue weighted by Crippen LogP contribution is 2.16. The van der Waals surface area contributed by atoms with E-state index >= 15 is 0 Å². The molecule has 2 aromatic heterocycles. The summed E-state index contributed by atoms with van der Waals surface area (Å²) in [6.45, 7) is 1.85. The van der Waals surface area contributed by atoms with Crippen LogP contribution in [0, 0.1) is 6.92 Å². The van der Waals surface area contributed by atoms with Crippen LogP contribution < -0.4 is 5.32 Å². The summed E-state index contributed by atoms with van der Waals surface area (Å²) in [5.41, 5.74) is 1.75. The normalized spacial score (nSPS) is 10.4. The van der Waals surface area contributed by atoms with Crippen molar-refractivity contribution in [3.63, 3.8) is 0 Å². The van der Waals surface area contributed by atoms with Crippen LogP contribution in [0.2, 0.25) is 0 Å². The highest BCUT2D eigenvalue weighted by Gasteiger charge is 2.10. The molecule has 0 spiro atoms. The number of aromatic nitrogens is 4. The highest BCUT2D eigenvalue weighted by molar-refractivity contribution is 6.02. The third kappa shape index (κ3) is 2.28. The van der Waals surface area contributed by atoms with Crippen molar-refractivity contribution in [2.24, 2.45) is 0 Å². The molecule has 0 unspecified atom stereocenters. The van der Waals surface area contributed by atoms with Crippen molar-refractivity contribution < 1.29 is 9.32 Å². The minimum absolute atomic E-state index is 0.232. The second-order valence-corrected chi connectivity index (χ2v) is 4.14. The average Bonchev–Trinajstić information content (AvgIpc) is 3.10. The quantitative estimate of drug-likeness (QED) is 0.783. The van der Waals surface area contributed by atoms with Gasteiger partial charge >= 0.3 is 0 Å². The summed E-state index contributed by atoms with van der Waals surface area (Å²) in [5, 5.41) is 14.1. The Hall–Kier alpha value is -2.96. The number of carbonyl (C=O) groups is 1. The van der Waals surface area contributed by atoms with Crippen LogP contribution in [-0.4, -0.2) is 25.8 Å². The lowest BCUT2D eigenvalue weighted by atomic mass is 10.2. The molecule has 2 heterocycles. The maximum absolute atomic E-state index is 11.9. The fraction of sp³-hybridized carbons (Fsp3) is 0.0769. The molecule has 7 nitrogen and oxygen atoms in total. The van der Waals surface area contributed by atoms with E-state index in [1.54, 1.807) is 12.4 Å². The van der Waals surface area contributed by atoms with Gasteiger partial charge in [0.2, 0.25) is 0 Å². The predicted molar refractivity (Wildman–Crippen MR) is 70.6 cm³/mol. The molecule has 0 saturated heterocycles. The monoisotopic (exact) mass is 269 g/mol. The number of hydrogen-bond donors (Lipinski definition) is 1. The van der Waals surface area contributed by atoms with E-state index in [4.69, 9.17) is 0 Å². The lowest BCUT2D eigenvalue weighted by Crippen LogP contribution is -2.12. The molecule has 0 radical (unpaired) electrons. The van der Waals surface area contributed by atoms with Crippen LogP contribution in [0.15, 0.2) is 47.4 Å². The third-order valence-corrected chi connectivity index (χ3v) is 2.77. The Morgan fingerprint density at radius 3 is 2.95 bits per heavy atom. The molecule has 0 aliphatic rings. The summed E-state index contributed by atoms with van der Waals surface area (Å²) in [4.78, 5) is 11.9. The first-order valence-electron chi connectivity index (χ1n) is 5.93. The minimum atomic E-state index is -0.323. The third-order valence-electron chi connectivity index (χ3n) is 2.77. The van der Waals surface area contributed by atoms with Gasteiger partial charge in [-0.25, -0.2) is 0 Å². The molecule has 20 heavy (non-hydrogen) atoms. The molecule has 0 fully saturated rings.